The van der Waals surface area contributed by atoms with Crippen LogP contribution in [0.2, 0.25) is 0 Å². The summed E-state index contributed by atoms with van der Waals surface area (Å²) in [5.41, 5.74) is 8.84. The number of carbonyl (C=O) groups is 1. The number of anilines is 4. The average Bonchev–Trinajstić information content (AvgIpc) is 3.18. The molecule has 1 amide bonds. The molecule has 0 radical (unpaired) electrons. The van der Waals surface area contributed by atoms with Crippen molar-refractivity contribution in [3.05, 3.63) is 67.5 Å². The highest BCUT2D eigenvalue weighted by molar-refractivity contribution is 7.90. The SMILES string of the molecule is C=CC(=O)Nc1cccc(-n2cnc3c(N)nc(Nc4ccc(S(C)(=O)=O)cc4)nc32)c1. The molecule has 0 aliphatic heterocycles. The lowest BCUT2D eigenvalue weighted by molar-refractivity contribution is -0.111. The second-order valence-corrected chi connectivity index (χ2v) is 8.90. The van der Waals surface area contributed by atoms with E-state index in [1.165, 1.54) is 18.2 Å². The Morgan fingerprint density at radius 1 is 1.12 bits per heavy atom. The van der Waals surface area contributed by atoms with Gasteiger partial charge in [0, 0.05) is 17.6 Å². The lowest BCUT2D eigenvalue weighted by Crippen LogP contribution is -2.08. The number of aromatic nitrogens is 4. The van der Waals surface area contributed by atoms with E-state index in [1.54, 1.807) is 41.2 Å². The van der Waals surface area contributed by atoms with E-state index >= 15 is 0 Å². The molecular weight excluding hydrogens is 430 g/mol. The highest BCUT2D eigenvalue weighted by Gasteiger charge is 2.14. The van der Waals surface area contributed by atoms with Crippen molar-refractivity contribution in [3.8, 4) is 5.69 Å². The minimum absolute atomic E-state index is 0.181. The van der Waals surface area contributed by atoms with Gasteiger partial charge in [-0.25, -0.2) is 13.4 Å². The summed E-state index contributed by atoms with van der Waals surface area (Å²) in [5, 5.41) is 5.73. The Hall–Kier alpha value is -4.25. The van der Waals surface area contributed by atoms with E-state index in [4.69, 9.17) is 5.73 Å². The van der Waals surface area contributed by atoms with Crippen molar-refractivity contribution in [1.82, 2.24) is 19.5 Å². The van der Waals surface area contributed by atoms with Gasteiger partial charge in [-0.2, -0.15) is 9.97 Å². The number of nitrogen functional groups attached to an aromatic ring is 1. The Kier molecular flexibility index (Phi) is 5.33. The van der Waals surface area contributed by atoms with E-state index in [9.17, 15) is 13.2 Å². The first-order valence-electron chi connectivity index (χ1n) is 9.36. The van der Waals surface area contributed by atoms with Gasteiger partial charge in [-0.1, -0.05) is 12.6 Å². The van der Waals surface area contributed by atoms with E-state index in [1.807, 2.05) is 6.07 Å². The van der Waals surface area contributed by atoms with Gasteiger partial charge in [-0.3, -0.25) is 9.36 Å². The molecule has 0 aliphatic rings. The summed E-state index contributed by atoms with van der Waals surface area (Å²) in [7, 11) is -3.29. The largest absolute Gasteiger partial charge is 0.382 e. The third-order valence-corrected chi connectivity index (χ3v) is 5.67. The van der Waals surface area contributed by atoms with Gasteiger partial charge in [0.25, 0.3) is 0 Å². The van der Waals surface area contributed by atoms with E-state index in [-0.39, 0.29) is 22.6 Å². The van der Waals surface area contributed by atoms with Crippen LogP contribution in [0.25, 0.3) is 16.9 Å². The molecule has 0 unspecified atom stereocenters. The number of nitrogens with zero attached hydrogens (tertiary/aromatic N) is 4. The van der Waals surface area contributed by atoms with Crippen molar-refractivity contribution < 1.29 is 13.2 Å². The predicted octanol–water partition coefficient (Wildman–Crippen LogP) is 2.67. The normalized spacial score (nSPS) is 11.3. The lowest BCUT2D eigenvalue weighted by Gasteiger charge is -2.09. The van der Waals surface area contributed by atoms with Gasteiger partial charge in [-0.15, -0.1) is 0 Å². The number of rotatable bonds is 6. The fraction of sp³-hybridized carbons (Fsp3) is 0.0476. The number of hydrogen-bond acceptors (Lipinski definition) is 8. The molecule has 2 heterocycles. The molecule has 162 valence electrons. The van der Waals surface area contributed by atoms with Crippen LogP contribution in [0.5, 0.6) is 0 Å². The van der Waals surface area contributed by atoms with E-state index < -0.39 is 9.84 Å². The molecule has 32 heavy (non-hydrogen) atoms. The van der Waals surface area contributed by atoms with Crippen molar-refractivity contribution in [2.75, 3.05) is 22.6 Å². The third kappa shape index (κ3) is 4.27. The average molecular weight is 449 g/mol. The highest BCUT2D eigenvalue weighted by atomic mass is 32.2. The Bertz CT molecular complexity index is 1440. The smallest absolute Gasteiger partial charge is 0.247 e. The molecule has 0 saturated carbocycles. The molecule has 0 spiro atoms. The Labute approximate surface area is 183 Å². The van der Waals surface area contributed by atoms with Crippen LogP contribution in [-0.4, -0.2) is 40.1 Å². The zero-order valence-electron chi connectivity index (χ0n) is 17.0. The highest BCUT2D eigenvalue weighted by Crippen LogP contribution is 2.25. The summed E-state index contributed by atoms with van der Waals surface area (Å²) < 4.78 is 25.0. The van der Waals surface area contributed by atoms with E-state index in [0.29, 0.717) is 28.2 Å². The topological polar surface area (TPSA) is 145 Å². The van der Waals surface area contributed by atoms with Crippen molar-refractivity contribution in [2.24, 2.45) is 0 Å². The molecule has 0 aliphatic carbocycles. The van der Waals surface area contributed by atoms with Gasteiger partial charge in [0.05, 0.1) is 10.6 Å². The van der Waals surface area contributed by atoms with Crippen molar-refractivity contribution in [1.29, 1.82) is 0 Å². The summed E-state index contributed by atoms with van der Waals surface area (Å²) in [6, 6.07) is 13.3. The Morgan fingerprint density at radius 2 is 1.88 bits per heavy atom. The van der Waals surface area contributed by atoms with E-state index in [0.717, 1.165) is 6.26 Å². The first-order valence-corrected chi connectivity index (χ1v) is 11.3. The monoisotopic (exact) mass is 449 g/mol. The molecule has 4 N–H and O–H groups in total. The molecule has 11 heteroatoms. The number of fused-ring (bicyclic) bond motifs is 1. The minimum Gasteiger partial charge on any atom is -0.382 e. The number of sulfone groups is 1. The molecule has 0 saturated heterocycles. The Morgan fingerprint density at radius 3 is 2.56 bits per heavy atom. The molecule has 4 aromatic rings. The summed E-state index contributed by atoms with van der Waals surface area (Å²) in [5.74, 6) is 0.0812. The fourth-order valence-electron chi connectivity index (χ4n) is 3.01. The first kappa shape index (κ1) is 21.0. The number of amides is 1. The lowest BCUT2D eigenvalue weighted by atomic mass is 10.2. The standard InChI is InChI=1S/C21H19N7O3S/c1-3-17(29)24-14-5-4-6-15(11-14)28-12-23-18-19(22)26-21(27-20(18)28)25-13-7-9-16(10-8-13)32(2,30)31/h3-12H,1H2,2H3,(H,24,29)(H3,22,25,26,27). The number of benzene rings is 2. The first-order chi connectivity index (χ1) is 15.2. The molecular formula is C21H19N7O3S. The third-order valence-electron chi connectivity index (χ3n) is 4.54. The number of carbonyl (C=O) groups excluding carboxylic acids is 1. The molecule has 10 nitrogen and oxygen atoms in total. The van der Waals surface area contributed by atoms with Crippen LogP contribution >= 0.6 is 0 Å². The zero-order valence-corrected chi connectivity index (χ0v) is 17.8. The van der Waals surface area contributed by atoms with Gasteiger partial charge in [0.2, 0.25) is 11.9 Å². The number of nitrogens with one attached hydrogen (secondary N) is 2. The van der Waals surface area contributed by atoms with Gasteiger partial charge >= 0.3 is 0 Å². The molecule has 0 bridgehead atoms. The molecule has 0 atom stereocenters. The van der Waals surface area contributed by atoms with Crippen LogP contribution in [0, 0.1) is 0 Å². The van der Waals surface area contributed by atoms with Crippen molar-refractivity contribution in [2.45, 2.75) is 4.90 Å². The predicted molar refractivity (Wildman–Crippen MR) is 123 cm³/mol. The van der Waals surface area contributed by atoms with Crippen molar-refractivity contribution >= 4 is 50.0 Å². The summed E-state index contributed by atoms with van der Waals surface area (Å²) in [4.78, 5) is 24.9. The van der Waals surface area contributed by atoms with Crippen LogP contribution in [0.15, 0.2) is 72.4 Å². The minimum atomic E-state index is -3.29. The molecule has 2 aromatic heterocycles. The van der Waals surface area contributed by atoms with Crippen LogP contribution < -0.4 is 16.4 Å². The number of hydrogen-bond donors (Lipinski definition) is 3. The van der Waals surface area contributed by atoms with Gasteiger partial charge in [-0.05, 0) is 48.5 Å². The second-order valence-electron chi connectivity index (χ2n) is 6.88. The summed E-state index contributed by atoms with van der Waals surface area (Å²) >= 11 is 0. The van der Waals surface area contributed by atoms with Crippen molar-refractivity contribution in [3.63, 3.8) is 0 Å². The van der Waals surface area contributed by atoms with Crippen LogP contribution in [0.3, 0.4) is 0 Å². The molecule has 2 aromatic carbocycles. The molecule has 4 rings (SSSR count). The van der Waals surface area contributed by atoms with Gasteiger partial charge < -0.3 is 16.4 Å². The van der Waals surface area contributed by atoms with Crippen LogP contribution in [-0.2, 0) is 14.6 Å². The summed E-state index contributed by atoms with van der Waals surface area (Å²) in [6.07, 6.45) is 3.90. The second kappa shape index (κ2) is 8.12. The zero-order chi connectivity index (χ0) is 22.9. The van der Waals surface area contributed by atoms with Gasteiger partial charge in [0.1, 0.15) is 6.33 Å². The Balaban J connectivity index is 1.70. The van der Waals surface area contributed by atoms with Crippen LogP contribution in [0.1, 0.15) is 0 Å². The maximum absolute atomic E-state index is 11.6. The number of nitrogens with two attached hydrogens (primary N) is 1. The van der Waals surface area contributed by atoms with Gasteiger partial charge in [0.15, 0.2) is 26.8 Å². The summed E-state index contributed by atoms with van der Waals surface area (Å²) in [6.45, 7) is 3.45. The maximum atomic E-state index is 11.6. The molecule has 0 fully saturated rings. The van der Waals surface area contributed by atoms with E-state index in [2.05, 4.69) is 32.2 Å². The fourth-order valence-corrected chi connectivity index (χ4v) is 3.64. The number of imidazole rings is 1. The van der Waals surface area contributed by atoms with Crippen LogP contribution in [0.4, 0.5) is 23.1 Å². The maximum Gasteiger partial charge on any atom is 0.247 e. The quantitative estimate of drug-likeness (QED) is 0.381.